The van der Waals surface area contributed by atoms with Crippen molar-refractivity contribution in [3.8, 4) is 16.4 Å². The molecule has 104 valence electrons. The van der Waals surface area contributed by atoms with E-state index in [1.54, 1.807) is 22.7 Å². The third kappa shape index (κ3) is 2.25. The van der Waals surface area contributed by atoms with E-state index in [2.05, 4.69) is 52.1 Å². The van der Waals surface area contributed by atoms with Crippen molar-refractivity contribution in [3.63, 3.8) is 0 Å². The van der Waals surface area contributed by atoms with Crippen LogP contribution < -0.4 is 5.32 Å². The molecule has 0 aliphatic rings. The highest BCUT2D eigenvalue weighted by molar-refractivity contribution is 7.14. The van der Waals surface area contributed by atoms with Gasteiger partial charge in [-0.1, -0.05) is 0 Å². The monoisotopic (exact) mass is 304 g/mol. The molecular weight excluding hydrogens is 288 g/mol. The predicted molar refractivity (Wildman–Crippen MR) is 86.2 cm³/mol. The molecule has 0 amide bonds. The molecule has 3 aromatic heterocycles. The Bertz CT molecular complexity index is 710. The van der Waals surface area contributed by atoms with Crippen LogP contribution in [0.1, 0.15) is 18.3 Å². The average Bonchev–Trinajstić information content (AvgIpc) is 3.11. The van der Waals surface area contributed by atoms with Gasteiger partial charge in [0.05, 0.1) is 5.69 Å². The first-order valence-corrected chi connectivity index (χ1v) is 8.25. The summed E-state index contributed by atoms with van der Waals surface area (Å²) in [6.45, 7) is 7.20. The highest BCUT2D eigenvalue weighted by Crippen LogP contribution is 2.31. The number of hydrogen-bond acceptors (Lipinski definition) is 5. The van der Waals surface area contributed by atoms with Crippen LogP contribution in [0.2, 0.25) is 0 Å². The van der Waals surface area contributed by atoms with Gasteiger partial charge in [-0.05, 0) is 26.8 Å². The van der Waals surface area contributed by atoms with E-state index in [1.165, 1.54) is 17.0 Å². The molecule has 0 saturated heterocycles. The van der Waals surface area contributed by atoms with E-state index in [0.717, 1.165) is 22.5 Å². The summed E-state index contributed by atoms with van der Waals surface area (Å²) in [7, 11) is 0. The summed E-state index contributed by atoms with van der Waals surface area (Å²) < 4.78 is 2.19. The maximum absolute atomic E-state index is 4.64. The van der Waals surface area contributed by atoms with Crippen molar-refractivity contribution < 1.29 is 0 Å². The minimum absolute atomic E-state index is 0.894. The van der Waals surface area contributed by atoms with Crippen LogP contribution in [0.5, 0.6) is 0 Å². The molecule has 4 nitrogen and oxygen atoms in total. The number of anilines is 1. The average molecular weight is 304 g/mol. The third-order valence-corrected chi connectivity index (χ3v) is 4.71. The normalized spacial score (nSPS) is 10.9. The van der Waals surface area contributed by atoms with E-state index >= 15 is 0 Å². The van der Waals surface area contributed by atoms with E-state index < -0.39 is 0 Å². The molecule has 6 heteroatoms. The van der Waals surface area contributed by atoms with Crippen LogP contribution >= 0.6 is 22.7 Å². The topological polar surface area (TPSA) is 42.7 Å². The van der Waals surface area contributed by atoms with E-state index in [9.17, 15) is 0 Å². The zero-order chi connectivity index (χ0) is 14.1. The summed E-state index contributed by atoms with van der Waals surface area (Å²) in [6.07, 6.45) is 1.84. The number of nitrogens with one attached hydrogen (secondary N) is 1. The van der Waals surface area contributed by atoms with Crippen LogP contribution in [0.3, 0.4) is 0 Å². The van der Waals surface area contributed by atoms with Gasteiger partial charge >= 0.3 is 0 Å². The second-order valence-corrected chi connectivity index (χ2v) is 6.23. The zero-order valence-corrected chi connectivity index (χ0v) is 13.3. The maximum atomic E-state index is 4.64. The number of nitrogens with zero attached hydrogens (tertiary/aromatic N) is 3. The molecule has 1 N–H and O–H groups in total. The second-order valence-electron chi connectivity index (χ2n) is 4.50. The van der Waals surface area contributed by atoms with Crippen LogP contribution in [0.25, 0.3) is 16.4 Å². The van der Waals surface area contributed by atoms with Crippen molar-refractivity contribution in [1.29, 1.82) is 0 Å². The van der Waals surface area contributed by atoms with Crippen LogP contribution in [0, 0.1) is 13.8 Å². The fourth-order valence-corrected chi connectivity index (χ4v) is 3.81. The molecule has 20 heavy (non-hydrogen) atoms. The maximum Gasteiger partial charge on any atom is 0.193 e. The summed E-state index contributed by atoms with van der Waals surface area (Å²) in [6, 6.07) is 2.18. The predicted octanol–water partition coefficient (Wildman–Crippen LogP) is 4.11. The molecule has 0 aliphatic carbocycles. The molecule has 3 aromatic rings. The Morgan fingerprint density at radius 3 is 2.85 bits per heavy atom. The van der Waals surface area contributed by atoms with Crippen LogP contribution in [-0.4, -0.2) is 21.1 Å². The number of aryl methyl sites for hydroxylation is 1. The lowest BCUT2D eigenvalue weighted by Gasteiger charge is -2.04. The molecule has 0 atom stereocenters. The number of hydrogen-bond donors (Lipinski definition) is 1. The summed E-state index contributed by atoms with van der Waals surface area (Å²) in [4.78, 5) is 9.05. The van der Waals surface area contributed by atoms with E-state index in [0.29, 0.717) is 0 Å². The van der Waals surface area contributed by atoms with Crippen LogP contribution in [0.4, 0.5) is 5.13 Å². The number of aromatic nitrogens is 3. The first-order valence-electron chi connectivity index (χ1n) is 6.49. The Morgan fingerprint density at radius 2 is 2.15 bits per heavy atom. The van der Waals surface area contributed by atoms with Crippen molar-refractivity contribution in [2.75, 3.05) is 11.9 Å². The van der Waals surface area contributed by atoms with E-state index in [4.69, 9.17) is 0 Å². The molecule has 0 spiro atoms. The fraction of sp³-hybridized carbons (Fsp3) is 0.286. The van der Waals surface area contributed by atoms with Gasteiger partial charge in [-0.3, -0.25) is 4.57 Å². The van der Waals surface area contributed by atoms with Crippen molar-refractivity contribution >= 4 is 27.8 Å². The van der Waals surface area contributed by atoms with E-state index in [-0.39, 0.29) is 0 Å². The van der Waals surface area contributed by atoms with Crippen molar-refractivity contribution in [2.45, 2.75) is 20.8 Å². The Morgan fingerprint density at radius 1 is 1.30 bits per heavy atom. The Kier molecular flexibility index (Phi) is 3.58. The van der Waals surface area contributed by atoms with Crippen molar-refractivity contribution in [2.24, 2.45) is 0 Å². The summed E-state index contributed by atoms with van der Waals surface area (Å²) in [5, 5.41) is 9.34. The third-order valence-electron chi connectivity index (χ3n) is 3.15. The van der Waals surface area contributed by atoms with Gasteiger partial charge < -0.3 is 5.32 Å². The first-order chi connectivity index (χ1) is 9.70. The molecule has 0 saturated carbocycles. The van der Waals surface area contributed by atoms with Gasteiger partial charge in [0, 0.05) is 40.5 Å². The quantitative estimate of drug-likeness (QED) is 0.789. The molecule has 0 aromatic carbocycles. The largest absolute Gasteiger partial charge is 0.362 e. The van der Waals surface area contributed by atoms with Gasteiger partial charge in [0.2, 0.25) is 0 Å². The van der Waals surface area contributed by atoms with Gasteiger partial charge in [0.1, 0.15) is 0 Å². The summed E-state index contributed by atoms with van der Waals surface area (Å²) in [5.74, 6) is 0. The molecule has 0 bridgehead atoms. The van der Waals surface area contributed by atoms with Crippen molar-refractivity contribution in [1.82, 2.24) is 14.5 Å². The summed E-state index contributed by atoms with van der Waals surface area (Å²) >= 11 is 3.29. The molecule has 0 radical (unpaired) electrons. The van der Waals surface area contributed by atoms with Gasteiger partial charge in [-0.25, -0.2) is 9.97 Å². The minimum Gasteiger partial charge on any atom is -0.362 e. The fourth-order valence-electron chi connectivity index (χ4n) is 2.27. The van der Waals surface area contributed by atoms with Gasteiger partial charge in [0.25, 0.3) is 0 Å². The Hall–Kier alpha value is -1.66. The van der Waals surface area contributed by atoms with Gasteiger partial charge in [-0.15, -0.1) is 22.7 Å². The molecule has 3 rings (SSSR count). The number of rotatable bonds is 4. The Labute approximate surface area is 126 Å². The highest BCUT2D eigenvalue weighted by atomic mass is 32.1. The highest BCUT2D eigenvalue weighted by Gasteiger charge is 2.15. The molecular formula is C14H16N4S2. The Balaban J connectivity index is 2.04. The van der Waals surface area contributed by atoms with Gasteiger partial charge in [-0.2, -0.15) is 0 Å². The first kappa shape index (κ1) is 13.3. The SMILES string of the molecule is CCNc1nc(-c2cc(C)n(-c3nccs3)c2C)cs1. The number of thiazole rings is 2. The standard InChI is InChI=1S/C14H16N4S2/c1-4-15-13-17-12(8-20-13)11-7-9(2)18(10(11)3)14-16-5-6-19-14/h5-8H,4H2,1-3H3,(H,15,17). The van der Waals surface area contributed by atoms with E-state index in [1.807, 2.05) is 11.6 Å². The second kappa shape index (κ2) is 5.38. The zero-order valence-electron chi connectivity index (χ0n) is 11.7. The van der Waals surface area contributed by atoms with Gasteiger partial charge in [0.15, 0.2) is 10.3 Å². The van der Waals surface area contributed by atoms with Crippen LogP contribution in [-0.2, 0) is 0 Å². The molecule has 0 fully saturated rings. The van der Waals surface area contributed by atoms with Crippen LogP contribution in [0.15, 0.2) is 23.0 Å². The summed E-state index contributed by atoms with van der Waals surface area (Å²) in [5.41, 5.74) is 4.58. The smallest absolute Gasteiger partial charge is 0.193 e. The molecule has 3 heterocycles. The lowest BCUT2D eigenvalue weighted by molar-refractivity contribution is 0.951. The molecule has 0 unspecified atom stereocenters. The lowest BCUT2D eigenvalue weighted by atomic mass is 10.2. The van der Waals surface area contributed by atoms with Crippen molar-refractivity contribution in [3.05, 3.63) is 34.4 Å². The lowest BCUT2D eigenvalue weighted by Crippen LogP contribution is -1.98. The molecule has 0 aliphatic heterocycles. The minimum atomic E-state index is 0.894.